The summed E-state index contributed by atoms with van der Waals surface area (Å²) in [5.74, 6) is -3.89. The minimum Gasteiger partial charge on any atom is -0.477 e. The van der Waals surface area contributed by atoms with E-state index in [0.717, 1.165) is 6.07 Å². The molecule has 11 heteroatoms. The van der Waals surface area contributed by atoms with Crippen LogP contribution in [0.1, 0.15) is 23.2 Å². The Morgan fingerprint density at radius 3 is 2.59 bits per heavy atom. The Morgan fingerprint density at radius 2 is 1.90 bits per heavy atom. The van der Waals surface area contributed by atoms with Gasteiger partial charge in [-0.25, -0.2) is 18.4 Å². The number of sulfone groups is 1. The third-order valence-corrected chi connectivity index (χ3v) is 5.87. The summed E-state index contributed by atoms with van der Waals surface area (Å²) in [4.78, 5) is 21.7. The van der Waals surface area contributed by atoms with Gasteiger partial charge in [0.1, 0.15) is 6.10 Å². The number of amides is 1. The Labute approximate surface area is 166 Å². The van der Waals surface area contributed by atoms with Gasteiger partial charge in [-0.1, -0.05) is 12.1 Å². The van der Waals surface area contributed by atoms with E-state index in [0.29, 0.717) is 19.4 Å². The minimum atomic E-state index is -4.91. The molecule has 2 heterocycles. The lowest BCUT2D eigenvalue weighted by molar-refractivity contribution is 0.0516. The van der Waals surface area contributed by atoms with E-state index in [-0.39, 0.29) is 23.9 Å². The third-order valence-electron chi connectivity index (χ3n) is 4.43. The molecule has 1 unspecified atom stereocenters. The first-order valence-corrected chi connectivity index (χ1v) is 10.3. The van der Waals surface area contributed by atoms with Gasteiger partial charge in [-0.2, -0.15) is 8.78 Å². The molecule has 8 nitrogen and oxygen atoms in total. The van der Waals surface area contributed by atoms with E-state index < -0.39 is 32.5 Å². The van der Waals surface area contributed by atoms with Crippen LogP contribution in [-0.2, 0) is 9.84 Å². The number of piperidine rings is 1. The van der Waals surface area contributed by atoms with E-state index in [2.05, 4.69) is 9.97 Å². The molecule has 1 fully saturated rings. The maximum atomic E-state index is 13.0. The van der Waals surface area contributed by atoms with E-state index in [4.69, 9.17) is 9.47 Å². The van der Waals surface area contributed by atoms with Crippen LogP contribution in [0.3, 0.4) is 0 Å². The van der Waals surface area contributed by atoms with Gasteiger partial charge < -0.3 is 14.4 Å². The van der Waals surface area contributed by atoms with Gasteiger partial charge in [0.2, 0.25) is 9.84 Å². The highest BCUT2D eigenvalue weighted by Gasteiger charge is 2.34. The Morgan fingerprint density at radius 1 is 1.21 bits per heavy atom. The monoisotopic (exact) mass is 427 g/mol. The van der Waals surface area contributed by atoms with E-state index in [1.54, 1.807) is 0 Å². The van der Waals surface area contributed by atoms with E-state index in [1.165, 1.54) is 42.6 Å². The molecule has 1 aromatic carbocycles. The second-order valence-corrected chi connectivity index (χ2v) is 8.19. The number of hydrogen-bond donors (Lipinski definition) is 0. The number of benzene rings is 1. The van der Waals surface area contributed by atoms with Crippen molar-refractivity contribution >= 4 is 15.7 Å². The van der Waals surface area contributed by atoms with Crippen LogP contribution in [0.2, 0.25) is 0 Å². The molecule has 1 aliphatic heterocycles. The largest absolute Gasteiger partial charge is 0.477 e. The second-order valence-electron chi connectivity index (χ2n) is 6.31. The number of ether oxygens (including phenoxy) is 2. The molecule has 3 rings (SSSR count). The predicted molar refractivity (Wildman–Crippen MR) is 97.8 cm³/mol. The summed E-state index contributed by atoms with van der Waals surface area (Å²) in [6.07, 6.45) is 3.67. The Balaban J connectivity index is 1.81. The lowest BCUT2D eigenvalue weighted by Crippen LogP contribution is -2.44. The van der Waals surface area contributed by atoms with E-state index in [9.17, 15) is 22.0 Å². The number of methoxy groups -OCH3 is 1. The van der Waals surface area contributed by atoms with E-state index >= 15 is 0 Å². The molecule has 156 valence electrons. The zero-order valence-electron chi connectivity index (χ0n) is 15.5. The summed E-state index contributed by atoms with van der Waals surface area (Å²) in [7, 11) is -3.48. The first kappa shape index (κ1) is 20.9. The van der Waals surface area contributed by atoms with Gasteiger partial charge in [0.25, 0.3) is 17.7 Å². The first-order valence-electron chi connectivity index (χ1n) is 8.76. The average molecular weight is 427 g/mol. The maximum Gasteiger partial charge on any atom is 0.341 e. The van der Waals surface area contributed by atoms with Crippen LogP contribution < -0.4 is 9.47 Å². The Bertz CT molecular complexity index is 987. The molecule has 1 atom stereocenters. The lowest BCUT2D eigenvalue weighted by Gasteiger charge is -2.33. The zero-order chi connectivity index (χ0) is 21.0. The number of hydrogen-bond acceptors (Lipinski definition) is 7. The highest BCUT2D eigenvalue weighted by atomic mass is 32.2. The molecule has 29 heavy (non-hydrogen) atoms. The number of nitrogens with zero attached hydrogens (tertiary/aromatic N) is 3. The van der Waals surface area contributed by atoms with Crippen molar-refractivity contribution in [2.75, 3.05) is 20.2 Å². The van der Waals surface area contributed by atoms with Crippen molar-refractivity contribution in [1.82, 2.24) is 14.9 Å². The lowest BCUT2D eigenvalue weighted by atomic mass is 10.1. The zero-order valence-corrected chi connectivity index (χ0v) is 16.3. The van der Waals surface area contributed by atoms with Crippen LogP contribution >= 0.6 is 0 Å². The molecule has 1 aliphatic rings. The molecular weight excluding hydrogens is 408 g/mol. The van der Waals surface area contributed by atoms with Crippen LogP contribution in [0.5, 0.6) is 11.8 Å². The Kier molecular flexibility index (Phi) is 6.26. The fourth-order valence-electron chi connectivity index (χ4n) is 3.07. The van der Waals surface area contributed by atoms with Crippen molar-refractivity contribution in [1.29, 1.82) is 0 Å². The summed E-state index contributed by atoms with van der Waals surface area (Å²) >= 11 is 0. The first-order chi connectivity index (χ1) is 13.8. The van der Waals surface area contributed by atoms with Gasteiger partial charge in [0.15, 0.2) is 0 Å². The number of aromatic nitrogens is 2. The SMILES string of the molecule is COc1nccnc1OC1CCCN(C(=O)c2ccccc2S(=O)(=O)C(F)F)C1. The van der Waals surface area contributed by atoms with Gasteiger partial charge in [-0.15, -0.1) is 0 Å². The summed E-state index contributed by atoms with van der Waals surface area (Å²) in [6, 6.07) is 4.97. The van der Waals surface area contributed by atoms with Crippen LogP contribution in [0.15, 0.2) is 41.6 Å². The molecule has 1 saturated heterocycles. The van der Waals surface area contributed by atoms with Crippen molar-refractivity contribution in [3.8, 4) is 11.8 Å². The van der Waals surface area contributed by atoms with Crippen LogP contribution in [0.25, 0.3) is 0 Å². The van der Waals surface area contributed by atoms with Gasteiger partial charge in [0.05, 0.1) is 24.1 Å². The normalized spacial score (nSPS) is 17.2. The van der Waals surface area contributed by atoms with Gasteiger partial charge >= 0.3 is 5.76 Å². The number of alkyl halides is 2. The smallest absolute Gasteiger partial charge is 0.341 e. The average Bonchev–Trinajstić information content (AvgIpc) is 2.73. The maximum absolute atomic E-state index is 13.0. The molecule has 2 aromatic rings. The van der Waals surface area contributed by atoms with Gasteiger partial charge in [-0.05, 0) is 25.0 Å². The quantitative estimate of drug-likeness (QED) is 0.697. The second kappa shape index (κ2) is 8.68. The van der Waals surface area contributed by atoms with Crippen LogP contribution in [-0.4, -0.2) is 61.3 Å². The minimum absolute atomic E-state index is 0.140. The van der Waals surface area contributed by atoms with Crippen molar-refractivity contribution in [2.24, 2.45) is 0 Å². The predicted octanol–water partition coefficient (Wildman–Crippen LogP) is 2.17. The highest BCUT2D eigenvalue weighted by Crippen LogP contribution is 2.27. The van der Waals surface area contributed by atoms with Crippen molar-refractivity contribution < 1.29 is 31.5 Å². The van der Waals surface area contributed by atoms with Gasteiger partial charge in [0, 0.05) is 18.9 Å². The van der Waals surface area contributed by atoms with Crippen LogP contribution in [0.4, 0.5) is 8.78 Å². The number of halogens is 2. The summed E-state index contributed by atoms with van der Waals surface area (Å²) in [6.45, 7) is 0.487. The van der Waals surface area contributed by atoms with E-state index in [1.807, 2.05) is 0 Å². The number of carbonyl (C=O) groups is 1. The molecular formula is C18H19F2N3O5S. The molecule has 0 saturated carbocycles. The topological polar surface area (TPSA) is 98.7 Å². The van der Waals surface area contributed by atoms with Gasteiger partial charge in [-0.3, -0.25) is 4.79 Å². The number of carbonyl (C=O) groups excluding carboxylic acids is 1. The molecule has 1 amide bonds. The fourth-order valence-corrected chi connectivity index (χ4v) is 3.99. The van der Waals surface area contributed by atoms with Crippen LogP contribution in [0, 0.1) is 0 Å². The third kappa shape index (κ3) is 4.44. The van der Waals surface area contributed by atoms with Crippen molar-refractivity contribution in [2.45, 2.75) is 29.6 Å². The Hall–Kier alpha value is -2.82. The molecule has 0 radical (unpaired) electrons. The summed E-state index contributed by atoms with van der Waals surface area (Å²) in [5.41, 5.74) is -0.287. The number of rotatable bonds is 6. The molecule has 0 N–H and O–H groups in total. The molecule has 0 aliphatic carbocycles. The standard InChI is InChI=1S/C18H19F2N3O5S/c1-27-15-16(22-9-8-21-15)28-12-5-4-10-23(11-12)17(24)13-6-2-3-7-14(13)29(25,26)18(19)20/h2-3,6-9,12,18H,4-5,10-11H2,1H3. The fraction of sp³-hybridized carbons (Fsp3) is 0.389. The van der Waals surface area contributed by atoms with Crippen molar-refractivity contribution in [3.05, 3.63) is 42.2 Å². The van der Waals surface area contributed by atoms with Crippen molar-refractivity contribution in [3.63, 3.8) is 0 Å². The highest BCUT2D eigenvalue weighted by molar-refractivity contribution is 7.91. The molecule has 1 aromatic heterocycles. The number of likely N-dealkylation sites (tertiary alicyclic amines) is 1. The summed E-state index contributed by atoms with van der Waals surface area (Å²) < 4.78 is 60.8. The summed E-state index contributed by atoms with van der Waals surface area (Å²) in [5, 5.41) is 0. The molecule has 0 spiro atoms. The molecule has 0 bridgehead atoms.